The van der Waals surface area contributed by atoms with Gasteiger partial charge in [-0.25, -0.2) is 0 Å². The highest BCUT2D eigenvalue weighted by molar-refractivity contribution is 5.95. The Morgan fingerprint density at radius 3 is 2.79 bits per heavy atom. The fourth-order valence-electron chi connectivity index (χ4n) is 3.12. The van der Waals surface area contributed by atoms with Gasteiger partial charge in [-0.15, -0.1) is 0 Å². The van der Waals surface area contributed by atoms with Crippen molar-refractivity contribution in [2.24, 2.45) is 7.05 Å². The van der Waals surface area contributed by atoms with Gasteiger partial charge in [-0.05, 0) is 26.7 Å². The lowest BCUT2D eigenvalue weighted by atomic mass is 10.1. The molecule has 128 valence electrons. The molecule has 0 spiro atoms. The number of amides is 1. The summed E-state index contributed by atoms with van der Waals surface area (Å²) in [5.74, 6) is 1.61. The monoisotopic (exact) mass is 331 g/mol. The van der Waals surface area contributed by atoms with Crippen molar-refractivity contribution in [3.8, 4) is 0 Å². The molecule has 4 rings (SSSR count). The first kappa shape index (κ1) is 15.3. The number of nitrogens with zero attached hydrogens (tertiary/aromatic N) is 5. The minimum atomic E-state index is -0.380. The van der Waals surface area contributed by atoms with Crippen molar-refractivity contribution in [2.45, 2.75) is 44.8 Å². The van der Waals surface area contributed by atoms with Crippen molar-refractivity contribution in [3.05, 3.63) is 29.2 Å². The average Bonchev–Trinajstić information content (AvgIpc) is 3.17. The van der Waals surface area contributed by atoms with Crippen molar-refractivity contribution in [2.75, 3.05) is 13.1 Å². The molecule has 3 heterocycles. The molecular weight excluding hydrogens is 310 g/mol. The van der Waals surface area contributed by atoms with Gasteiger partial charge >= 0.3 is 0 Å². The van der Waals surface area contributed by atoms with Crippen LogP contribution in [-0.2, 0) is 11.8 Å². The van der Waals surface area contributed by atoms with E-state index in [1.165, 1.54) is 0 Å². The zero-order valence-corrected chi connectivity index (χ0v) is 14.1. The van der Waals surface area contributed by atoms with E-state index in [9.17, 15) is 4.79 Å². The van der Waals surface area contributed by atoms with Gasteiger partial charge in [0.1, 0.15) is 0 Å². The summed E-state index contributed by atoms with van der Waals surface area (Å²) in [4.78, 5) is 19.1. The minimum absolute atomic E-state index is 0.0392. The third-order valence-corrected chi connectivity index (χ3v) is 4.47. The minimum Gasteiger partial charge on any atom is -0.362 e. The molecule has 2 aromatic heterocycles. The van der Waals surface area contributed by atoms with E-state index in [1.807, 2.05) is 20.9 Å². The third kappa shape index (κ3) is 2.82. The Balaban J connectivity index is 1.53. The van der Waals surface area contributed by atoms with Gasteiger partial charge in [-0.3, -0.25) is 9.48 Å². The lowest BCUT2D eigenvalue weighted by molar-refractivity contribution is -0.0810. The Morgan fingerprint density at radius 2 is 2.12 bits per heavy atom. The normalized spacial score (nSPS) is 24.4. The molecule has 8 heteroatoms. The highest BCUT2D eigenvalue weighted by Crippen LogP contribution is 2.39. The lowest BCUT2D eigenvalue weighted by Gasteiger charge is -2.35. The molecule has 2 aromatic rings. The first-order chi connectivity index (χ1) is 11.5. The summed E-state index contributed by atoms with van der Waals surface area (Å²) in [7, 11) is 1.81. The van der Waals surface area contributed by atoms with E-state index in [0.29, 0.717) is 30.5 Å². The first-order valence-electron chi connectivity index (χ1n) is 8.29. The van der Waals surface area contributed by atoms with Crippen LogP contribution in [0.25, 0.3) is 0 Å². The highest BCUT2D eigenvalue weighted by atomic mass is 16.5. The maximum atomic E-state index is 12.8. The van der Waals surface area contributed by atoms with E-state index >= 15 is 0 Å². The number of morpholine rings is 1. The second kappa shape index (κ2) is 5.70. The molecule has 8 nitrogen and oxygen atoms in total. The second-order valence-electron chi connectivity index (χ2n) is 6.71. The zero-order chi connectivity index (χ0) is 16.8. The van der Waals surface area contributed by atoms with Crippen LogP contribution < -0.4 is 0 Å². The van der Waals surface area contributed by atoms with Crippen LogP contribution in [-0.4, -0.2) is 49.9 Å². The fraction of sp³-hybridized carbons (Fsp3) is 0.625. The molecule has 0 aromatic carbocycles. The standard InChI is InChI=1S/C16H21N5O3/c1-9-6-21(16(22)12-7-20(3)18-10(12)2)8-13(23-9)15-17-14(19-24-15)11-4-5-11/h7,9,11,13H,4-6,8H2,1-3H3/t9-,13-/m1/s1. The summed E-state index contributed by atoms with van der Waals surface area (Å²) in [5.41, 5.74) is 1.35. The fourth-order valence-corrected chi connectivity index (χ4v) is 3.12. The van der Waals surface area contributed by atoms with E-state index in [-0.39, 0.29) is 18.1 Å². The number of hydrogen-bond donors (Lipinski definition) is 0. The molecule has 2 aliphatic rings. The SMILES string of the molecule is Cc1nn(C)cc1C(=O)N1C[C@@H](C)O[C@@H](c2nc(C3CC3)no2)C1. The Morgan fingerprint density at radius 1 is 1.33 bits per heavy atom. The number of ether oxygens (including phenoxy) is 1. The molecule has 1 saturated carbocycles. The van der Waals surface area contributed by atoms with E-state index in [0.717, 1.165) is 24.4 Å². The van der Waals surface area contributed by atoms with Crippen molar-refractivity contribution < 1.29 is 14.1 Å². The van der Waals surface area contributed by atoms with Gasteiger partial charge in [-0.1, -0.05) is 5.16 Å². The van der Waals surface area contributed by atoms with E-state index in [2.05, 4.69) is 15.2 Å². The number of aryl methyl sites for hydroxylation is 2. The largest absolute Gasteiger partial charge is 0.362 e. The predicted octanol–water partition coefficient (Wildman–Crippen LogP) is 1.59. The second-order valence-corrected chi connectivity index (χ2v) is 6.71. The van der Waals surface area contributed by atoms with E-state index < -0.39 is 0 Å². The van der Waals surface area contributed by atoms with Crippen LogP contribution in [0, 0.1) is 6.92 Å². The maximum absolute atomic E-state index is 12.8. The summed E-state index contributed by atoms with van der Waals surface area (Å²) < 4.78 is 13.0. The molecule has 1 saturated heterocycles. The van der Waals surface area contributed by atoms with Gasteiger partial charge in [0.2, 0.25) is 0 Å². The maximum Gasteiger partial charge on any atom is 0.257 e. The summed E-state index contributed by atoms with van der Waals surface area (Å²) >= 11 is 0. The number of hydrogen-bond acceptors (Lipinski definition) is 6. The molecular formula is C16H21N5O3. The summed E-state index contributed by atoms with van der Waals surface area (Å²) in [6.45, 7) is 4.73. The molecule has 2 fully saturated rings. The lowest BCUT2D eigenvalue weighted by Crippen LogP contribution is -2.46. The Hall–Kier alpha value is -2.22. The molecule has 1 aliphatic carbocycles. The van der Waals surface area contributed by atoms with Gasteiger partial charge in [-0.2, -0.15) is 10.1 Å². The van der Waals surface area contributed by atoms with Gasteiger partial charge < -0.3 is 14.2 Å². The smallest absolute Gasteiger partial charge is 0.257 e. The summed E-state index contributed by atoms with van der Waals surface area (Å²) in [5, 5.41) is 8.29. The zero-order valence-electron chi connectivity index (χ0n) is 14.1. The number of carbonyl (C=O) groups is 1. The van der Waals surface area contributed by atoms with Gasteiger partial charge in [0, 0.05) is 25.7 Å². The number of aromatic nitrogens is 4. The van der Waals surface area contributed by atoms with Gasteiger partial charge in [0.05, 0.1) is 23.9 Å². The van der Waals surface area contributed by atoms with Crippen molar-refractivity contribution in [3.63, 3.8) is 0 Å². The highest BCUT2D eigenvalue weighted by Gasteiger charge is 2.36. The van der Waals surface area contributed by atoms with Gasteiger partial charge in [0.25, 0.3) is 11.8 Å². The van der Waals surface area contributed by atoms with Crippen molar-refractivity contribution in [1.29, 1.82) is 0 Å². The quantitative estimate of drug-likeness (QED) is 0.849. The van der Waals surface area contributed by atoms with Gasteiger partial charge in [0.15, 0.2) is 11.9 Å². The van der Waals surface area contributed by atoms with E-state index in [1.54, 1.807) is 15.8 Å². The van der Waals surface area contributed by atoms with Crippen LogP contribution in [0.2, 0.25) is 0 Å². The molecule has 0 bridgehead atoms. The number of carbonyl (C=O) groups excluding carboxylic acids is 1. The molecule has 0 unspecified atom stereocenters. The van der Waals surface area contributed by atoms with Crippen LogP contribution in [0.4, 0.5) is 0 Å². The molecule has 0 N–H and O–H groups in total. The Kier molecular flexibility index (Phi) is 3.64. The van der Waals surface area contributed by atoms with Crippen LogP contribution in [0.5, 0.6) is 0 Å². The molecule has 0 radical (unpaired) electrons. The molecule has 1 aliphatic heterocycles. The van der Waals surface area contributed by atoms with Crippen LogP contribution >= 0.6 is 0 Å². The van der Waals surface area contributed by atoms with Crippen LogP contribution in [0.1, 0.15) is 59.6 Å². The van der Waals surface area contributed by atoms with Crippen molar-refractivity contribution in [1.82, 2.24) is 24.8 Å². The topological polar surface area (TPSA) is 86.3 Å². The summed E-state index contributed by atoms with van der Waals surface area (Å²) in [6.07, 6.45) is 3.51. The number of rotatable bonds is 3. The average molecular weight is 331 g/mol. The Labute approximate surface area is 139 Å². The van der Waals surface area contributed by atoms with E-state index in [4.69, 9.17) is 9.26 Å². The predicted molar refractivity (Wildman–Crippen MR) is 83.4 cm³/mol. The molecule has 1 amide bonds. The third-order valence-electron chi connectivity index (χ3n) is 4.47. The molecule has 2 atom stereocenters. The van der Waals surface area contributed by atoms with Crippen LogP contribution in [0.3, 0.4) is 0 Å². The van der Waals surface area contributed by atoms with Crippen LogP contribution in [0.15, 0.2) is 10.7 Å². The summed E-state index contributed by atoms with van der Waals surface area (Å²) in [6, 6.07) is 0. The van der Waals surface area contributed by atoms with Crippen molar-refractivity contribution >= 4 is 5.91 Å². The first-order valence-corrected chi connectivity index (χ1v) is 8.29. The molecule has 24 heavy (non-hydrogen) atoms. The Bertz CT molecular complexity index is 764.